The van der Waals surface area contributed by atoms with Crippen LogP contribution in [0.3, 0.4) is 0 Å². The van der Waals surface area contributed by atoms with E-state index < -0.39 is 23.4 Å². The first-order chi connectivity index (χ1) is 12.2. The second-order valence-electron chi connectivity index (χ2n) is 5.71. The van der Waals surface area contributed by atoms with Crippen molar-refractivity contribution >= 4 is 34.9 Å². The van der Waals surface area contributed by atoms with Gasteiger partial charge in [-0.05, 0) is 19.1 Å². The summed E-state index contributed by atoms with van der Waals surface area (Å²) in [4.78, 5) is 34.3. The van der Waals surface area contributed by atoms with Crippen LogP contribution in [-0.4, -0.2) is 28.6 Å². The first-order valence-corrected chi connectivity index (χ1v) is 7.95. The number of nitrogens with one attached hydrogen (secondary N) is 1. The highest BCUT2D eigenvalue weighted by Crippen LogP contribution is 2.27. The third-order valence-electron chi connectivity index (χ3n) is 3.38. The SMILES string of the molecule is Cc1noc(C(C)C)c1C(=O)OCC(=O)Nc1ccc(Cl)c([N+](=O)[O-])c1. The van der Waals surface area contributed by atoms with Gasteiger partial charge in [0.15, 0.2) is 12.4 Å². The number of nitro benzene ring substituents is 1. The number of hydrogen-bond acceptors (Lipinski definition) is 7. The Bertz CT molecular complexity index is 862. The number of rotatable bonds is 6. The summed E-state index contributed by atoms with van der Waals surface area (Å²) in [6.45, 7) is 4.68. The van der Waals surface area contributed by atoms with Crippen LogP contribution >= 0.6 is 11.6 Å². The molecule has 26 heavy (non-hydrogen) atoms. The van der Waals surface area contributed by atoms with Crippen LogP contribution in [0.4, 0.5) is 11.4 Å². The van der Waals surface area contributed by atoms with Crippen molar-refractivity contribution in [1.29, 1.82) is 0 Å². The number of amides is 1. The molecule has 0 aliphatic carbocycles. The highest BCUT2D eigenvalue weighted by Gasteiger charge is 2.24. The maximum atomic E-state index is 12.2. The average molecular weight is 382 g/mol. The Morgan fingerprint density at radius 2 is 2.12 bits per heavy atom. The number of ether oxygens (including phenoxy) is 1. The van der Waals surface area contributed by atoms with Gasteiger partial charge in [-0.25, -0.2) is 4.79 Å². The molecule has 0 bridgehead atoms. The molecule has 0 saturated heterocycles. The molecule has 0 aliphatic rings. The van der Waals surface area contributed by atoms with Crippen molar-refractivity contribution in [2.45, 2.75) is 26.7 Å². The summed E-state index contributed by atoms with van der Waals surface area (Å²) in [6, 6.07) is 3.80. The molecule has 0 unspecified atom stereocenters. The highest BCUT2D eigenvalue weighted by atomic mass is 35.5. The van der Waals surface area contributed by atoms with E-state index in [1.165, 1.54) is 12.1 Å². The van der Waals surface area contributed by atoms with E-state index in [0.29, 0.717) is 11.5 Å². The molecule has 0 atom stereocenters. The topological polar surface area (TPSA) is 125 Å². The van der Waals surface area contributed by atoms with Crippen molar-refractivity contribution in [3.8, 4) is 0 Å². The van der Waals surface area contributed by atoms with Gasteiger partial charge in [0.2, 0.25) is 0 Å². The molecular formula is C16H16ClN3O6. The van der Waals surface area contributed by atoms with Gasteiger partial charge in [-0.3, -0.25) is 14.9 Å². The third kappa shape index (κ3) is 4.37. The fourth-order valence-electron chi connectivity index (χ4n) is 2.16. The van der Waals surface area contributed by atoms with Gasteiger partial charge in [-0.2, -0.15) is 0 Å². The van der Waals surface area contributed by atoms with Crippen molar-refractivity contribution in [3.05, 3.63) is 50.4 Å². The van der Waals surface area contributed by atoms with Crippen LogP contribution in [0.15, 0.2) is 22.7 Å². The minimum atomic E-state index is -0.732. The summed E-state index contributed by atoms with van der Waals surface area (Å²) in [5.74, 6) is -1.09. The van der Waals surface area contributed by atoms with E-state index in [0.717, 1.165) is 6.07 Å². The van der Waals surface area contributed by atoms with Crippen LogP contribution < -0.4 is 5.32 Å². The van der Waals surface area contributed by atoms with Gasteiger partial charge in [0.1, 0.15) is 10.6 Å². The van der Waals surface area contributed by atoms with E-state index in [9.17, 15) is 19.7 Å². The van der Waals surface area contributed by atoms with Crippen molar-refractivity contribution in [3.63, 3.8) is 0 Å². The van der Waals surface area contributed by atoms with Crippen molar-refractivity contribution in [1.82, 2.24) is 5.16 Å². The lowest BCUT2D eigenvalue weighted by Gasteiger charge is -2.08. The second-order valence-corrected chi connectivity index (χ2v) is 6.12. The number of benzene rings is 1. The minimum Gasteiger partial charge on any atom is -0.452 e. The Hall–Kier alpha value is -2.94. The number of carbonyl (C=O) groups is 2. The molecule has 9 nitrogen and oxygen atoms in total. The summed E-state index contributed by atoms with van der Waals surface area (Å²) in [5, 5.41) is 16.9. The normalized spacial score (nSPS) is 10.7. The Balaban J connectivity index is 2.01. The smallest absolute Gasteiger partial charge is 0.344 e. The Morgan fingerprint density at radius 1 is 1.42 bits per heavy atom. The van der Waals surface area contributed by atoms with Crippen molar-refractivity contribution in [2.75, 3.05) is 11.9 Å². The Morgan fingerprint density at radius 3 is 2.73 bits per heavy atom. The van der Waals surface area contributed by atoms with Crippen LogP contribution in [0.2, 0.25) is 5.02 Å². The molecule has 1 heterocycles. The molecule has 1 N–H and O–H groups in total. The summed E-state index contributed by atoms with van der Waals surface area (Å²) in [7, 11) is 0. The van der Waals surface area contributed by atoms with E-state index in [2.05, 4.69) is 10.5 Å². The number of aryl methyl sites for hydroxylation is 1. The molecule has 1 aromatic heterocycles. The molecule has 0 saturated carbocycles. The van der Waals surface area contributed by atoms with Crippen LogP contribution in [0.5, 0.6) is 0 Å². The maximum Gasteiger partial charge on any atom is 0.344 e. The molecular weight excluding hydrogens is 366 g/mol. The lowest BCUT2D eigenvalue weighted by atomic mass is 10.1. The summed E-state index contributed by atoms with van der Waals surface area (Å²) < 4.78 is 10.1. The zero-order valence-electron chi connectivity index (χ0n) is 14.2. The lowest BCUT2D eigenvalue weighted by molar-refractivity contribution is -0.384. The molecule has 0 radical (unpaired) electrons. The van der Waals surface area contributed by atoms with Gasteiger partial charge in [0.05, 0.1) is 10.6 Å². The zero-order valence-corrected chi connectivity index (χ0v) is 15.0. The Labute approximate surface area is 153 Å². The molecule has 0 spiro atoms. The largest absolute Gasteiger partial charge is 0.452 e. The van der Waals surface area contributed by atoms with Crippen molar-refractivity contribution in [2.24, 2.45) is 0 Å². The molecule has 1 aromatic carbocycles. The first-order valence-electron chi connectivity index (χ1n) is 7.57. The molecule has 1 amide bonds. The van der Waals surface area contributed by atoms with Gasteiger partial charge in [-0.15, -0.1) is 0 Å². The van der Waals surface area contributed by atoms with Crippen LogP contribution in [0.25, 0.3) is 0 Å². The van der Waals surface area contributed by atoms with Crippen LogP contribution in [0.1, 0.15) is 41.6 Å². The predicted octanol–water partition coefficient (Wildman–Crippen LogP) is 3.46. The molecule has 138 valence electrons. The van der Waals surface area contributed by atoms with E-state index in [1.807, 2.05) is 13.8 Å². The minimum absolute atomic E-state index is 0.0522. The van der Waals surface area contributed by atoms with Crippen LogP contribution in [-0.2, 0) is 9.53 Å². The van der Waals surface area contributed by atoms with Gasteiger partial charge in [-0.1, -0.05) is 30.6 Å². The number of nitro groups is 1. The number of halogens is 1. The number of anilines is 1. The number of esters is 1. The Kier molecular flexibility index (Phi) is 5.93. The maximum absolute atomic E-state index is 12.2. The fourth-order valence-corrected chi connectivity index (χ4v) is 2.35. The highest BCUT2D eigenvalue weighted by molar-refractivity contribution is 6.32. The van der Waals surface area contributed by atoms with E-state index in [4.69, 9.17) is 20.9 Å². The van der Waals surface area contributed by atoms with Crippen LogP contribution in [0, 0.1) is 17.0 Å². The molecule has 2 aromatic rings. The zero-order chi connectivity index (χ0) is 19.4. The number of nitrogens with zero attached hydrogens (tertiary/aromatic N) is 2. The lowest BCUT2D eigenvalue weighted by Crippen LogP contribution is -2.21. The summed E-state index contributed by atoms with van der Waals surface area (Å²) in [5.41, 5.74) is 0.372. The summed E-state index contributed by atoms with van der Waals surface area (Å²) >= 11 is 5.70. The number of hydrogen-bond donors (Lipinski definition) is 1. The van der Waals surface area contributed by atoms with E-state index in [-0.39, 0.29) is 27.9 Å². The molecule has 2 rings (SSSR count). The number of aromatic nitrogens is 1. The van der Waals surface area contributed by atoms with Gasteiger partial charge < -0.3 is 14.6 Å². The van der Waals surface area contributed by atoms with Crippen molar-refractivity contribution < 1.29 is 23.8 Å². The molecule has 0 aliphatic heterocycles. The van der Waals surface area contributed by atoms with E-state index in [1.54, 1.807) is 6.92 Å². The summed E-state index contributed by atoms with van der Waals surface area (Å²) in [6.07, 6.45) is 0. The van der Waals surface area contributed by atoms with Gasteiger partial charge >= 0.3 is 5.97 Å². The fraction of sp³-hybridized carbons (Fsp3) is 0.312. The van der Waals surface area contributed by atoms with Gasteiger partial charge in [0.25, 0.3) is 11.6 Å². The monoisotopic (exact) mass is 381 g/mol. The average Bonchev–Trinajstić information content (AvgIpc) is 2.96. The standard InChI is InChI=1S/C16H16ClN3O6/c1-8(2)15-14(9(3)19-26-15)16(22)25-7-13(21)18-10-4-5-11(17)12(6-10)20(23)24/h4-6,8H,7H2,1-3H3,(H,18,21). The first kappa shape index (κ1) is 19.4. The molecule has 10 heteroatoms. The third-order valence-corrected chi connectivity index (χ3v) is 3.70. The predicted molar refractivity (Wildman–Crippen MR) is 92.3 cm³/mol. The van der Waals surface area contributed by atoms with Gasteiger partial charge in [0, 0.05) is 17.7 Å². The number of carbonyl (C=O) groups excluding carboxylic acids is 2. The second kappa shape index (κ2) is 7.96. The quantitative estimate of drug-likeness (QED) is 0.461. The van der Waals surface area contributed by atoms with E-state index >= 15 is 0 Å². The molecule has 0 fully saturated rings.